The Hall–Kier alpha value is -2.97. The number of esters is 1. The van der Waals surface area contributed by atoms with E-state index in [1.54, 1.807) is 6.07 Å². The van der Waals surface area contributed by atoms with Crippen molar-refractivity contribution in [1.82, 2.24) is 0 Å². The third-order valence-electron chi connectivity index (χ3n) is 4.62. The first-order valence-corrected chi connectivity index (χ1v) is 8.21. The van der Waals surface area contributed by atoms with Gasteiger partial charge in [0.1, 0.15) is 5.69 Å². The lowest BCUT2D eigenvalue weighted by atomic mass is 9.77. The van der Waals surface area contributed by atoms with E-state index in [0.29, 0.717) is 0 Å². The van der Waals surface area contributed by atoms with Crippen LogP contribution in [0.25, 0.3) is 0 Å². The van der Waals surface area contributed by atoms with E-state index in [-0.39, 0.29) is 29.6 Å². The summed E-state index contributed by atoms with van der Waals surface area (Å²) < 4.78 is 4.28. The van der Waals surface area contributed by atoms with Gasteiger partial charge in [-0.25, -0.2) is 4.79 Å². The number of anilines is 1. The summed E-state index contributed by atoms with van der Waals surface area (Å²) in [5.74, 6) is -2.80. The molecule has 1 fully saturated rings. The lowest BCUT2D eigenvalue weighted by Crippen LogP contribution is -2.24. The highest BCUT2D eigenvalue weighted by molar-refractivity contribution is 6.37. The summed E-state index contributed by atoms with van der Waals surface area (Å²) in [6, 6.07) is 4.48. The van der Waals surface area contributed by atoms with Crippen LogP contribution in [0, 0.1) is 16.0 Å². The third kappa shape index (κ3) is 4.78. The number of rotatable bonds is 5. The number of nitrogens with zero attached hydrogens (tertiary/aromatic N) is 1. The standard InChI is InChI=1S/C17H20N2O7/c1-26-17(23)16(22)18-13-7-6-12(9-14(13)19(24)25)11-4-2-10(3-5-11)8-15(20)21/h6-7,9-11H,2-5,8H2,1H3,(H,18,22)(H,20,21). The number of methoxy groups -OCH3 is 1. The third-order valence-corrected chi connectivity index (χ3v) is 4.62. The Morgan fingerprint density at radius 3 is 2.46 bits per heavy atom. The van der Waals surface area contributed by atoms with Crippen LogP contribution in [0.1, 0.15) is 43.6 Å². The van der Waals surface area contributed by atoms with Gasteiger partial charge in [0.25, 0.3) is 5.69 Å². The summed E-state index contributed by atoms with van der Waals surface area (Å²) in [7, 11) is 1.04. The number of amides is 1. The van der Waals surface area contributed by atoms with E-state index in [9.17, 15) is 24.5 Å². The summed E-state index contributed by atoms with van der Waals surface area (Å²) in [5.41, 5.74) is 0.391. The minimum atomic E-state index is -1.14. The van der Waals surface area contributed by atoms with Gasteiger partial charge in [-0.2, -0.15) is 0 Å². The van der Waals surface area contributed by atoms with Crippen molar-refractivity contribution in [2.24, 2.45) is 5.92 Å². The van der Waals surface area contributed by atoms with Crippen LogP contribution in [0.4, 0.5) is 11.4 Å². The van der Waals surface area contributed by atoms with Crippen LogP contribution in [0.5, 0.6) is 0 Å². The smallest absolute Gasteiger partial charge is 0.396 e. The Morgan fingerprint density at radius 2 is 1.92 bits per heavy atom. The second-order valence-electron chi connectivity index (χ2n) is 6.29. The molecule has 1 aromatic carbocycles. The molecule has 9 nitrogen and oxygen atoms in total. The molecule has 0 atom stereocenters. The number of nitro benzene ring substituents is 1. The van der Waals surface area contributed by atoms with Crippen LogP contribution in [0.15, 0.2) is 18.2 Å². The molecule has 1 amide bonds. The topological polar surface area (TPSA) is 136 Å². The first-order valence-electron chi connectivity index (χ1n) is 8.21. The van der Waals surface area contributed by atoms with Crippen LogP contribution in [-0.4, -0.2) is 35.0 Å². The highest BCUT2D eigenvalue weighted by atomic mass is 16.6. The molecule has 2 rings (SSSR count). The second kappa shape index (κ2) is 8.41. The highest BCUT2D eigenvalue weighted by Gasteiger charge is 2.27. The summed E-state index contributed by atoms with van der Waals surface area (Å²) in [6.07, 6.45) is 3.16. The van der Waals surface area contributed by atoms with Gasteiger partial charge in [0.15, 0.2) is 0 Å². The molecule has 1 saturated carbocycles. The number of carboxylic acids is 1. The highest BCUT2D eigenvalue weighted by Crippen LogP contribution is 2.39. The van der Waals surface area contributed by atoms with E-state index in [1.165, 1.54) is 12.1 Å². The number of nitro groups is 1. The summed E-state index contributed by atoms with van der Waals surface area (Å²) in [5, 5.41) is 22.4. The molecule has 0 radical (unpaired) electrons. The second-order valence-corrected chi connectivity index (χ2v) is 6.29. The zero-order valence-corrected chi connectivity index (χ0v) is 14.3. The lowest BCUT2D eigenvalue weighted by molar-refractivity contribution is -0.384. The Bertz CT molecular complexity index is 724. The van der Waals surface area contributed by atoms with Gasteiger partial charge in [-0.1, -0.05) is 6.07 Å². The maximum atomic E-state index is 11.6. The normalized spacial score (nSPS) is 19.4. The van der Waals surface area contributed by atoms with Gasteiger partial charge in [-0.3, -0.25) is 19.7 Å². The van der Waals surface area contributed by atoms with Gasteiger partial charge in [-0.05, 0) is 49.1 Å². The first-order chi connectivity index (χ1) is 12.3. The molecule has 1 aliphatic rings. The molecule has 2 N–H and O–H groups in total. The molecule has 26 heavy (non-hydrogen) atoms. The zero-order valence-electron chi connectivity index (χ0n) is 14.3. The molecular weight excluding hydrogens is 344 g/mol. The minimum Gasteiger partial charge on any atom is -0.481 e. The molecule has 0 spiro atoms. The number of aliphatic carboxylic acids is 1. The maximum Gasteiger partial charge on any atom is 0.396 e. The van der Waals surface area contributed by atoms with Crippen molar-refractivity contribution >= 4 is 29.2 Å². The van der Waals surface area contributed by atoms with E-state index < -0.39 is 22.8 Å². The van der Waals surface area contributed by atoms with Crippen molar-refractivity contribution in [1.29, 1.82) is 0 Å². The molecule has 1 aromatic rings. The van der Waals surface area contributed by atoms with Gasteiger partial charge >= 0.3 is 17.8 Å². The van der Waals surface area contributed by atoms with Crippen molar-refractivity contribution in [3.8, 4) is 0 Å². The van der Waals surface area contributed by atoms with Crippen LogP contribution in [0.2, 0.25) is 0 Å². The summed E-state index contributed by atoms with van der Waals surface area (Å²) >= 11 is 0. The van der Waals surface area contributed by atoms with Gasteiger partial charge in [0.2, 0.25) is 0 Å². The molecule has 140 valence electrons. The monoisotopic (exact) mass is 364 g/mol. The Labute approximate surface area is 149 Å². The molecule has 1 aliphatic carbocycles. The van der Waals surface area contributed by atoms with E-state index in [0.717, 1.165) is 38.4 Å². The van der Waals surface area contributed by atoms with Crippen molar-refractivity contribution in [2.75, 3.05) is 12.4 Å². The fourth-order valence-electron chi connectivity index (χ4n) is 3.27. The van der Waals surface area contributed by atoms with Crippen molar-refractivity contribution in [3.05, 3.63) is 33.9 Å². The summed E-state index contributed by atoms with van der Waals surface area (Å²) in [4.78, 5) is 44.2. The van der Waals surface area contributed by atoms with Crippen molar-refractivity contribution in [2.45, 2.75) is 38.0 Å². The quantitative estimate of drug-likeness (QED) is 0.354. The number of nitrogens with one attached hydrogen (secondary N) is 1. The average molecular weight is 364 g/mol. The lowest BCUT2D eigenvalue weighted by Gasteiger charge is -2.28. The van der Waals surface area contributed by atoms with E-state index in [4.69, 9.17) is 5.11 Å². The number of hydrogen-bond acceptors (Lipinski definition) is 6. The molecular formula is C17H20N2O7. The predicted octanol–water partition coefficient (Wildman–Crippen LogP) is 2.45. The van der Waals surface area contributed by atoms with E-state index in [1.807, 2.05) is 0 Å². The Kier molecular flexibility index (Phi) is 6.26. The van der Waals surface area contributed by atoms with Gasteiger partial charge < -0.3 is 15.2 Å². The first kappa shape index (κ1) is 19.4. The van der Waals surface area contributed by atoms with E-state index >= 15 is 0 Å². The van der Waals surface area contributed by atoms with Crippen LogP contribution < -0.4 is 5.32 Å². The Morgan fingerprint density at radius 1 is 1.27 bits per heavy atom. The molecule has 0 unspecified atom stereocenters. The largest absolute Gasteiger partial charge is 0.481 e. The van der Waals surface area contributed by atoms with Crippen LogP contribution in [0.3, 0.4) is 0 Å². The Balaban J connectivity index is 2.13. The van der Waals surface area contributed by atoms with Crippen molar-refractivity contribution in [3.63, 3.8) is 0 Å². The predicted molar refractivity (Wildman–Crippen MR) is 90.7 cm³/mol. The fourth-order valence-corrected chi connectivity index (χ4v) is 3.27. The molecule has 0 aromatic heterocycles. The van der Waals surface area contributed by atoms with Gasteiger partial charge in [-0.15, -0.1) is 0 Å². The number of carboxylic acid groups (broad SMARTS) is 1. The summed E-state index contributed by atoms with van der Waals surface area (Å²) in [6.45, 7) is 0. The zero-order chi connectivity index (χ0) is 19.3. The SMILES string of the molecule is COC(=O)C(=O)Nc1ccc(C2CCC(CC(=O)O)CC2)cc1[N+](=O)[O-]. The van der Waals surface area contributed by atoms with Gasteiger partial charge in [0, 0.05) is 12.5 Å². The number of carbonyl (C=O) groups excluding carboxylic acids is 2. The average Bonchev–Trinajstić information content (AvgIpc) is 2.61. The maximum absolute atomic E-state index is 11.6. The minimum absolute atomic E-state index is 0.0753. The molecule has 0 heterocycles. The van der Waals surface area contributed by atoms with Gasteiger partial charge in [0.05, 0.1) is 12.0 Å². The number of carbonyl (C=O) groups is 3. The van der Waals surface area contributed by atoms with Crippen LogP contribution >= 0.6 is 0 Å². The fraction of sp³-hybridized carbons (Fsp3) is 0.471. The molecule has 9 heteroatoms. The van der Waals surface area contributed by atoms with Crippen molar-refractivity contribution < 1.29 is 29.2 Å². The molecule has 0 bridgehead atoms. The number of hydrogen-bond donors (Lipinski definition) is 2. The van der Waals surface area contributed by atoms with E-state index in [2.05, 4.69) is 10.1 Å². The molecule has 0 saturated heterocycles. The number of benzene rings is 1. The number of ether oxygens (including phenoxy) is 1. The molecule has 0 aliphatic heterocycles. The van der Waals surface area contributed by atoms with Crippen LogP contribution in [-0.2, 0) is 19.1 Å².